The first-order chi connectivity index (χ1) is 18.0. The van der Waals surface area contributed by atoms with Crippen molar-refractivity contribution in [1.82, 2.24) is 0 Å². The van der Waals surface area contributed by atoms with Gasteiger partial charge in [0.25, 0.3) is 16.0 Å². The molecule has 0 saturated carbocycles. The van der Waals surface area contributed by atoms with Crippen LogP contribution in [-0.4, -0.2) is 30.6 Å². The van der Waals surface area contributed by atoms with Gasteiger partial charge in [-0.15, -0.1) is 10.2 Å². The number of halogens is 2. The first kappa shape index (κ1) is 27.3. The lowest BCUT2D eigenvalue weighted by Gasteiger charge is -2.13. The van der Waals surface area contributed by atoms with Gasteiger partial charge >= 0.3 is 0 Å². The molecule has 0 aromatic heterocycles. The molecule has 0 atom stereocenters. The van der Waals surface area contributed by atoms with E-state index in [4.69, 9.17) is 27.9 Å². The van der Waals surface area contributed by atoms with Crippen LogP contribution in [0.1, 0.15) is 22.8 Å². The van der Waals surface area contributed by atoms with E-state index in [1.54, 1.807) is 42.5 Å². The number of benzene rings is 4. The van der Waals surface area contributed by atoms with Crippen LogP contribution < -0.4 is 10.1 Å². The van der Waals surface area contributed by atoms with Crippen molar-refractivity contribution >= 4 is 67.1 Å². The van der Waals surface area contributed by atoms with Crippen molar-refractivity contribution in [3.63, 3.8) is 0 Å². The number of nitrogens with zero attached hydrogens (tertiary/aromatic N) is 2. The highest BCUT2D eigenvalue weighted by Crippen LogP contribution is 2.41. The van der Waals surface area contributed by atoms with Gasteiger partial charge in [0.05, 0.1) is 27.9 Å². The third-order valence-corrected chi connectivity index (χ3v) is 7.39. The molecule has 0 spiro atoms. The lowest BCUT2D eigenvalue weighted by molar-refractivity contribution is 0.102. The Morgan fingerprint density at radius 1 is 1.05 bits per heavy atom. The lowest BCUT2D eigenvalue weighted by Crippen LogP contribution is -2.12. The quantitative estimate of drug-likeness (QED) is 0.155. The van der Waals surface area contributed by atoms with Crippen LogP contribution in [0.4, 0.5) is 17.1 Å². The number of nitrogens with one attached hydrogen (secondary N) is 1. The molecule has 0 bridgehead atoms. The average Bonchev–Trinajstić information content (AvgIpc) is 2.85. The van der Waals surface area contributed by atoms with Crippen molar-refractivity contribution in [3.8, 4) is 11.5 Å². The Bertz CT molecular complexity index is 1710. The molecule has 4 aromatic rings. The third-order valence-electron chi connectivity index (χ3n) is 5.53. The Morgan fingerprint density at radius 2 is 1.79 bits per heavy atom. The molecule has 1 amide bonds. The SMILES string of the molecule is CCOc1ccc(Cl)c(NC(=O)c2cc3ccccc3c(N=Nc3ccc(C)c(S(=O)(=O)O)c3Cl)c2O)c1. The van der Waals surface area contributed by atoms with Crippen LogP contribution in [0.5, 0.6) is 11.5 Å². The summed E-state index contributed by atoms with van der Waals surface area (Å²) < 4.78 is 38.6. The van der Waals surface area contributed by atoms with Crippen LogP contribution in [0, 0.1) is 6.92 Å². The van der Waals surface area contributed by atoms with E-state index >= 15 is 0 Å². The molecule has 0 heterocycles. The fourth-order valence-corrected chi connectivity index (χ4v) is 5.29. The van der Waals surface area contributed by atoms with Gasteiger partial charge in [0.2, 0.25) is 0 Å². The van der Waals surface area contributed by atoms with Crippen LogP contribution in [0.25, 0.3) is 10.8 Å². The normalized spacial score (nSPS) is 11.7. The Hall–Kier alpha value is -3.70. The van der Waals surface area contributed by atoms with Crippen LogP contribution in [0.2, 0.25) is 10.0 Å². The summed E-state index contributed by atoms with van der Waals surface area (Å²) >= 11 is 12.4. The van der Waals surface area contributed by atoms with Gasteiger partial charge in [0.15, 0.2) is 5.75 Å². The van der Waals surface area contributed by atoms with Crippen molar-refractivity contribution in [1.29, 1.82) is 0 Å². The number of hydrogen-bond acceptors (Lipinski definition) is 7. The summed E-state index contributed by atoms with van der Waals surface area (Å²) in [7, 11) is -4.63. The minimum atomic E-state index is -4.63. The molecule has 0 unspecified atom stereocenters. The van der Waals surface area contributed by atoms with E-state index in [1.807, 2.05) is 6.92 Å². The predicted molar refractivity (Wildman–Crippen MR) is 146 cm³/mol. The van der Waals surface area contributed by atoms with E-state index in [2.05, 4.69) is 15.5 Å². The second kappa shape index (κ2) is 11.0. The van der Waals surface area contributed by atoms with E-state index in [9.17, 15) is 22.9 Å². The summed E-state index contributed by atoms with van der Waals surface area (Å²) in [5.74, 6) is -0.633. The highest BCUT2D eigenvalue weighted by Gasteiger charge is 2.22. The number of fused-ring (bicyclic) bond motifs is 1. The zero-order valence-corrected chi connectivity index (χ0v) is 22.4. The summed E-state index contributed by atoms with van der Waals surface area (Å²) in [6.07, 6.45) is 0. The number of aryl methyl sites for hydroxylation is 1. The van der Waals surface area contributed by atoms with E-state index in [0.717, 1.165) is 0 Å². The molecule has 0 aliphatic heterocycles. The zero-order valence-electron chi connectivity index (χ0n) is 20.1. The number of carbonyl (C=O) groups excluding carboxylic acids is 1. The summed E-state index contributed by atoms with van der Waals surface area (Å²) in [5, 5.41) is 22.9. The molecular formula is C26H21Cl2N3O6S. The molecule has 196 valence electrons. The maximum absolute atomic E-state index is 13.2. The lowest BCUT2D eigenvalue weighted by atomic mass is 10.0. The molecule has 0 aliphatic carbocycles. The number of hydrogen-bond donors (Lipinski definition) is 3. The Labute approximate surface area is 228 Å². The molecule has 12 heteroatoms. The van der Waals surface area contributed by atoms with Crippen molar-refractivity contribution < 1.29 is 27.6 Å². The topological polar surface area (TPSA) is 138 Å². The predicted octanol–water partition coefficient (Wildman–Crippen LogP) is 7.47. The van der Waals surface area contributed by atoms with Crippen molar-refractivity contribution in [3.05, 3.63) is 81.8 Å². The summed E-state index contributed by atoms with van der Waals surface area (Å²) in [4.78, 5) is 12.7. The largest absolute Gasteiger partial charge is 0.505 e. The van der Waals surface area contributed by atoms with Gasteiger partial charge < -0.3 is 15.2 Å². The van der Waals surface area contributed by atoms with Gasteiger partial charge in [-0.1, -0.05) is 53.5 Å². The molecule has 9 nitrogen and oxygen atoms in total. The van der Waals surface area contributed by atoms with Crippen LogP contribution in [-0.2, 0) is 10.1 Å². The minimum absolute atomic E-state index is 0.0486. The maximum Gasteiger partial charge on any atom is 0.296 e. The average molecular weight is 574 g/mol. The number of aromatic hydroxyl groups is 1. The Morgan fingerprint density at radius 3 is 2.50 bits per heavy atom. The second-order valence-corrected chi connectivity index (χ2v) is 10.2. The van der Waals surface area contributed by atoms with Crippen molar-refractivity contribution in [2.75, 3.05) is 11.9 Å². The van der Waals surface area contributed by atoms with Gasteiger partial charge in [-0.25, -0.2) is 0 Å². The molecule has 0 radical (unpaired) electrons. The van der Waals surface area contributed by atoms with E-state index in [0.29, 0.717) is 23.1 Å². The number of phenols is 1. The van der Waals surface area contributed by atoms with E-state index in [1.165, 1.54) is 25.1 Å². The van der Waals surface area contributed by atoms with Crippen molar-refractivity contribution in [2.24, 2.45) is 10.2 Å². The number of ether oxygens (including phenoxy) is 1. The Balaban J connectivity index is 1.80. The number of phenolic OH excluding ortho intramolecular Hbond substituents is 1. The number of azo groups is 1. The first-order valence-electron chi connectivity index (χ1n) is 11.2. The number of amides is 1. The second-order valence-electron chi connectivity index (χ2n) is 8.09. The molecule has 38 heavy (non-hydrogen) atoms. The molecule has 4 rings (SSSR count). The van der Waals surface area contributed by atoms with E-state index < -0.39 is 26.7 Å². The minimum Gasteiger partial charge on any atom is -0.505 e. The number of rotatable bonds is 7. The summed E-state index contributed by atoms with van der Waals surface area (Å²) in [6, 6.07) is 16.0. The van der Waals surface area contributed by atoms with Gasteiger partial charge in [-0.2, -0.15) is 8.42 Å². The number of anilines is 1. The smallest absolute Gasteiger partial charge is 0.296 e. The highest BCUT2D eigenvalue weighted by molar-refractivity contribution is 7.86. The van der Waals surface area contributed by atoms with Crippen molar-refractivity contribution in [2.45, 2.75) is 18.7 Å². The molecule has 3 N–H and O–H groups in total. The fourth-order valence-electron chi connectivity index (χ4n) is 3.78. The standard InChI is InChI=1S/C26H21Cl2N3O6S/c1-3-37-16-9-10-19(27)21(13-16)29-26(33)18-12-15-6-4-5-7-17(15)23(24(18)32)31-30-20-11-8-14(2)25(22(20)28)38(34,35)36/h4-13,32H,3H2,1-2H3,(H,29,33)(H,34,35,36). The van der Waals surface area contributed by atoms with E-state index in [-0.39, 0.29) is 38.2 Å². The monoisotopic (exact) mass is 573 g/mol. The van der Waals surface area contributed by atoms with Gasteiger partial charge in [-0.05, 0) is 49.1 Å². The highest BCUT2D eigenvalue weighted by atomic mass is 35.5. The van der Waals surface area contributed by atoms with Gasteiger partial charge in [0.1, 0.15) is 22.0 Å². The summed E-state index contributed by atoms with van der Waals surface area (Å²) in [5.41, 5.74) is 0.275. The molecule has 0 fully saturated rings. The van der Waals surface area contributed by atoms with Crippen LogP contribution >= 0.6 is 23.2 Å². The number of carbonyl (C=O) groups is 1. The van der Waals surface area contributed by atoms with Gasteiger partial charge in [-0.3, -0.25) is 9.35 Å². The molecule has 0 saturated heterocycles. The maximum atomic E-state index is 13.2. The zero-order chi connectivity index (χ0) is 27.6. The van der Waals surface area contributed by atoms with Crippen LogP contribution in [0.15, 0.2) is 75.8 Å². The van der Waals surface area contributed by atoms with Crippen LogP contribution in [0.3, 0.4) is 0 Å². The molecule has 4 aromatic carbocycles. The fraction of sp³-hybridized carbons (Fsp3) is 0.115. The first-order valence-corrected chi connectivity index (χ1v) is 13.4. The van der Waals surface area contributed by atoms with Gasteiger partial charge in [0, 0.05) is 11.5 Å². The molecular weight excluding hydrogens is 553 g/mol. The summed E-state index contributed by atoms with van der Waals surface area (Å²) in [6.45, 7) is 3.71. The third kappa shape index (κ3) is 5.58. The Kier molecular flexibility index (Phi) is 7.89. The molecule has 0 aliphatic rings.